The quantitative estimate of drug-likeness (QED) is 0.322. The first kappa shape index (κ1) is 22.8. The van der Waals surface area contributed by atoms with Gasteiger partial charge in [0.05, 0.1) is 6.61 Å². The molecule has 0 aromatic rings. The molecule has 0 bridgehead atoms. The smallest absolute Gasteiger partial charge is 0.409 e. The fourth-order valence-electron chi connectivity index (χ4n) is 2.61. The summed E-state index contributed by atoms with van der Waals surface area (Å²) in [5.74, 6) is -0.387. The van der Waals surface area contributed by atoms with E-state index in [0.29, 0.717) is 39.3 Å². The number of carbonyl (C=O) groups excluding carboxylic acids is 2. The van der Waals surface area contributed by atoms with Crippen molar-refractivity contribution in [1.82, 2.24) is 15.5 Å². The average molecular weight is 380 g/mol. The number of hydrogen-bond donors (Lipinski definition) is 2. The van der Waals surface area contributed by atoms with Crippen LogP contribution in [0.25, 0.3) is 0 Å². The predicted molar refractivity (Wildman–Crippen MR) is 102 cm³/mol. The minimum Gasteiger partial charge on any atom is -0.450 e. The van der Waals surface area contributed by atoms with Crippen LogP contribution >= 0.6 is 0 Å². The molecule has 1 aliphatic heterocycles. The molecule has 1 rings (SSSR count). The lowest BCUT2D eigenvalue weighted by atomic mass is 10.1. The Hall–Kier alpha value is -2.27. The van der Waals surface area contributed by atoms with Crippen molar-refractivity contribution in [3.05, 3.63) is 11.8 Å². The molecule has 152 valence electrons. The van der Waals surface area contributed by atoms with E-state index in [9.17, 15) is 14.9 Å². The normalized spacial score (nSPS) is 15.1. The first-order valence-corrected chi connectivity index (χ1v) is 9.76. The summed E-state index contributed by atoms with van der Waals surface area (Å²) in [4.78, 5) is 25.4. The molecule has 27 heavy (non-hydrogen) atoms. The van der Waals surface area contributed by atoms with Crippen LogP contribution in [0.1, 0.15) is 46.0 Å². The number of piperidine rings is 1. The third-order valence-corrected chi connectivity index (χ3v) is 4.24. The van der Waals surface area contributed by atoms with Gasteiger partial charge in [-0.2, -0.15) is 5.26 Å². The van der Waals surface area contributed by atoms with Gasteiger partial charge < -0.3 is 25.0 Å². The van der Waals surface area contributed by atoms with Gasteiger partial charge in [0.1, 0.15) is 11.6 Å². The highest BCUT2D eigenvalue weighted by atomic mass is 16.6. The molecule has 1 heterocycles. The average Bonchev–Trinajstić information content (AvgIpc) is 2.68. The Labute approximate surface area is 161 Å². The van der Waals surface area contributed by atoms with E-state index < -0.39 is 0 Å². The molecule has 0 spiro atoms. The van der Waals surface area contributed by atoms with Crippen LogP contribution in [0.5, 0.6) is 0 Å². The second-order valence-electron chi connectivity index (χ2n) is 6.37. The lowest BCUT2D eigenvalue weighted by Gasteiger charge is -2.31. The van der Waals surface area contributed by atoms with Gasteiger partial charge in [-0.15, -0.1) is 0 Å². The summed E-state index contributed by atoms with van der Waals surface area (Å²) in [6.07, 6.45) is 5.52. The molecule has 8 heteroatoms. The van der Waals surface area contributed by atoms with Gasteiger partial charge in [-0.05, 0) is 32.6 Å². The van der Waals surface area contributed by atoms with E-state index in [2.05, 4.69) is 17.6 Å². The number of ether oxygens (including phenoxy) is 2. The van der Waals surface area contributed by atoms with E-state index in [1.807, 2.05) is 6.07 Å². The van der Waals surface area contributed by atoms with E-state index in [-0.39, 0.29) is 23.6 Å². The summed E-state index contributed by atoms with van der Waals surface area (Å²) in [5.41, 5.74) is 0.0507. The predicted octanol–water partition coefficient (Wildman–Crippen LogP) is 1.93. The first-order chi connectivity index (χ1) is 13.1. The second-order valence-corrected chi connectivity index (χ2v) is 6.37. The maximum Gasteiger partial charge on any atom is 0.409 e. The monoisotopic (exact) mass is 380 g/mol. The Kier molecular flexibility index (Phi) is 11.7. The highest BCUT2D eigenvalue weighted by molar-refractivity contribution is 5.97. The van der Waals surface area contributed by atoms with Crippen molar-refractivity contribution in [3.8, 4) is 6.07 Å². The number of hydrogen-bond acceptors (Lipinski definition) is 6. The van der Waals surface area contributed by atoms with Crippen LogP contribution in [0.4, 0.5) is 4.79 Å². The van der Waals surface area contributed by atoms with Crippen molar-refractivity contribution < 1.29 is 19.1 Å². The summed E-state index contributed by atoms with van der Waals surface area (Å²) >= 11 is 0. The Balaban J connectivity index is 2.27. The molecule has 0 unspecified atom stereocenters. The zero-order valence-corrected chi connectivity index (χ0v) is 16.5. The zero-order valence-electron chi connectivity index (χ0n) is 16.5. The van der Waals surface area contributed by atoms with Crippen molar-refractivity contribution in [2.45, 2.75) is 52.0 Å². The number of rotatable bonds is 11. The number of nitrogens with one attached hydrogen (secondary N) is 2. The second kappa shape index (κ2) is 13.9. The van der Waals surface area contributed by atoms with Gasteiger partial charge in [0.15, 0.2) is 0 Å². The van der Waals surface area contributed by atoms with E-state index in [0.717, 1.165) is 32.3 Å². The zero-order chi connectivity index (χ0) is 19.9. The number of nitriles is 1. The lowest BCUT2D eigenvalue weighted by Crippen LogP contribution is -2.44. The molecule has 0 aromatic carbocycles. The van der Waals surface area contributed by atoms with Gasteiger partial charge in [0.2, 0.25) is 0 Å². The summed E-state index contributed by atoms with van der Waals surface area (Å²) in [5, 5.41) is 15.0. The van der Waals surface area contributed by atoms with Crippen LogP contribution in [0.15, 0.2) is 11.8 Å². The number of nitrogens with zero attached hydrogens (tertiary/aromatic N) is 2. The van der Waals surface area contributed by atoms with Crippen LogP contribution in [0, 0.1) is 11.3 Å². The Morgan fingerprint density at radius 3 is 2.56 bits per heavy atom. The summed E-state index contributed by atoms with van der Waals surface area (Å²) in [7, 11) is 0. The van der Waals surface area contributed by atoms with Crippen molar-refractivity contribution in [2.24, 2.45) is 0 Å². The van der Waals surface area contributed by atoms with Crippen molar-refractivity contribution in [3.63, 3.8) is 0 Å². The number of amides is 2. The topological polar surface area (TPSA) is 104 Å². The Morgan fingerprint density at radius 2 is 1.93 bits per heavy atom. The minimum absolute atomic E-state index is 0.0507. The first-order valence-electron chi connectivity index (χ1n) is 9.76. The van der Waals surface area contributed by atoms with E-state index in [4.69, 9.17) is 9.47 Å². The standard InChI is InChI=1S/C19H32N4O4/c1-3-5-12-26-13-6-9-21-18(24)16(14-20)15-22-17-7-10-23(11-8-17)19(25)27-4-2/h15,17,22H,3-13H2,1-2H3,(H,21,24)/b16-15-. The van der Waals surface area contributed by atoms with Gasteiger partial charge >= 0.3 is 6.09 Å². The molecule has 0 aliphatic carbocycles. The van der Waals surface area contributed by atoms with E-state index >= 15 is 0 Å². The summed E-state index contributed by atoms with van der Waals surface area (Å²) in [6.45, 7) is 7.26. The maximum atomic E-state index is 12.0. The molecule has 0 saturated carbocycles. The van der Waals surface area contributed by atoms with Crippen molar-refractivity contribution in [2.75, 3.05) is 39.5 Å². The number of carbonyl (C=O) groups is 2. The molecular formula is C19H32N4O4. The van der Waals surface area contributed by atoms with Gasteiger partial charge in [-0.1, -0.05) is 13.3 Å². The maximum absolute atomic E-state index is 12.0. The van der Waals surface area contributed by atoms with Crippen molar-refractivity contribution >= 4 is 12.0 Å². The number of likely N-dealkylation sites (tertiary alicyclic amines) is 1. The molecule has 1 fully saturated rings. The molecule has 0 radical (unpaired) electrons. The number of unbranched alkanes of at least 4 members (excludes halogenated alkanes) is 1. The third kappa shape index (κ3) is 9.29. The van der Waals surface area contributed by atoms with Crippen LogP contribution in [0.3, 0.4) is 0 Å². The largest absolute Gasteiger partial charge is 0.450 e. The summed E-state index contributed by atoms with van der Waals surface area (Å²) in [6, 6.07) is 2.05. The fourth-order valence-corrected chi connectivity index (χ4v) is 2.61. The SMILES string of the molecule is CCCCOCCCNC(=O)/C(C#N)=C\NC1CCN(C(=O)OCC)CC1. The van der Waals surface area contributed by atoms with Crippen molar-refractivity contribution in [1.29, 1.82) is 5.26 Å². The fraction of sp³-hybridized carbons (Fsp3) is 0.737. The van der Waals surface area contributed by atoms with Crippen LogP contribution in [0.2, 0.25) is 0 Å². The van der Waals surface area contributed by atoms with Crippen LogP contribution in [-0.2, 0) is 14.3 Å². The van der Waals surface area contributed by atoms with Gasteiger partial charge in [-0.25, -0.2) is 4.79 Å². The van der Waals surface area contributed by atoms with Gasteiger partial charge in [0.25, 0.3) is 5.91 Å². The highest BCUT2D eigenvalue weighted by Crippen LogP contribution is 2.11. The van der Waals surface area contributed by atoms with Gasteiger partial charge in [-0.3, -0.25) is 4.79 Å². The Bertz CT molecular complexity index is 522. The molecule has 2 N–H and O–H groups in total. The van der Waals surface area contributed by atoms with Gasteiger partial charge in [0, 0.05) is 45.1 Å². The molecule has 1 saturated heterocycles. The molecule has 1 aliphatic rings. The van der Waals surface area contributed by atoms with Crippen LogP contribution in [-0.4, -0.2) is 62.4 Å². The third-order valence-electron chi connectivity index (χ3n) is 4.24. The molecule has 0 aromatic heterocycles. The molecule has 0 atom stereocenters. The molecule has 2 amide bonds. The van der Waals surface area contributed by atoms with E-state index in [1.54, 1.807) is 11.8 Å². The summed E-state index contributed by atoms with van der Waals surface area (Å²) < 4.78 is 10.4. The minimum atomic E-state index is -0.387. The molecular weight excluding hydrogens is 348 g/mol. The van der Waals surface area contributed by atoms with Crippen LogP contribution < -0.4 is 10.6 Å². The highest BCUT2D eigenvalue weighted by Gasteiger charge is 2.23. The molecule has 8 nitrogen and oxygen atoms in total. The Morgan fingerprint density at radius 1 is 1.22 bits per heavy atom. The van der Waals surface area contributed by atoms with E-state index in [1.165, 1.54) is 6.20 Å². The lowest BCUT2D eigenvalue weighted by molar-refractivity contribution is -0.117.